The summed E-state index contributed by atoms with van der Waals surface area (Å²) in [6.45, 7) is 8.43. The summed E-state index contributed by atoms with van der Waals surface area (Å²) < 4.78 is 0. The van der Waals surface area contributed by atoms with Crippen molar-refractivity contribution >= 4 is 11.7 Å². The van der Waals surface area contributed by atoms with Crippen LogP contribution in [0.15, 0.2) is 24.3 Å². The lowest BCUT2D eigenvalue weighted by molar-refractivity contribution is -0.141. The van der Waals surface area contributed by atoms with Crippen LogP contribution in [0.5, 0.6) is 0 Å². The minimum Gasteiger partial charge on any atom is -0.481 e. The Morgan fingerprint density at radius 2 is 2.07 bits per heavy atom. The van der Waals surface area contributed by atoms with E-state index in [1.807, 2.05) is 0 Å². The number of carboxylic acids is 1. The molecule has 0 fully saturated rings. The van der Waals surface area contributed by atoms with Gasteiger partial charge in [-0.15, -0.1) is 0 Å². The van der Waals surface area contributed by atoms with E-state index in [-0.39, 0.29) is 5.92 Å². The van der Waals surface area contributed by atoms with Crippen molar-refractivity contribution in [3.05, 3.63) is 41.2 Å². The van der Waals surface area contributed by atoms with E-state index >= 15 is 0 Å². The second kappa shape index (κ2) is 4.43. The van der Waals surface area contributed by atoms with Crippen molar-refractivity contribution in [3.63, 3.8) is 0 Å². The van der Waals surface area contributed by atoms with Gasteiger partial charge in [0.1, 0.15) is 0 Å². The van der Waals surface area contributed by atoms with E-state index in [4.69, 9.17) is 11.7 Å². The van der Waals surface area contributed by atoms with Crippen LogP contribution < -0.4 is 0 Å². The topological polar surface area (TPSA) is 41.7 Å². The number of benzene rings is 1. The van der Waals surface area contributed by atoms with Gasteiger partial charge < -0.3 is 5.11 Å². The molecular weight excluding hydrogens is 178 g/mol. The molecular formula is C11H11NO2. The first-order valence-electron chi connectivity index (χ1n) is 4.32. The van der Waals surface area contributed by atoms with Gasteiger partial charge in [-0.25, -0.2) is 4.85 Å². The Hall–Kier alpha value is -1.82. The summed E-state index contributed by atoms with van der Waals surface area (Å²) >= 11 is 0. The Morgan fingerprint density at radius 3 is 2.50 bits per heavy atom. The smallest absolute Gasteiger partial charge is 0.306 e. The molecule has 14 heavy (non-hydrogen) atoms. The molecule has 1 aromatic carbocycles. The van der Waals surface area contributed by atoms with Gasteiger partial charge in [-0.2, -0.15) is 0 Å². The first-order chi connectivity index (χ1) is 6.63. The molecule has 3 nitrogen and oxygen atoms in total. The molecule has 0 spiro atoms. The monoisotopic (exact) mass is 189 g/mol. The van der Waals surface area contributed by atoms with Crippen LogP contribution in [0, 0.1) is 12.5 Å². The lowest BCUT2D eigenvalue weighted by Gasteiger charge is -2.05. The lowest BCUT2D eigenvalue weighted by atomic mass is 10.0. The molecule has 1 atom stereocenters. The standard InChI is InChI=1S/C11H11NO2/c1-8(11(13)14)7-9-3-5-10(12-2)6-4-9/h3-6,8H,7H2,1H3,(H,13,14). The zero-order valence-electron chi connectivity index (χ0n) is 7.90. The summed E-state index contributed by atoms with van der Waals surface area (Å²) in [5, 5.41) is 8.70. The highest BCUT2D eigenvalue weighted by molar-refractivity contribution is 5.69. The van der Waals surface area contributed by atoms with Gasteiger partial charge in [0.05, 0.1) is 12.5 Å². The highest BCUT2D eigenvalue weighted by Gasteiger charge is 2.10. The van der Waals surface area contributed by atoms with E-state index < -0.39 is 5.97 Å². The van der Waals surface area contributed by atoms with Crippen molar-refractivity contribution in [2.45, 2.75) is 13.3 Å². The van der Waals surface area contributed by atoms with Crippen LogP contribution in [-0.2, 0) is 11.2 Å². The molecule has 1 rings (SSSR count). The van der Waals surface area contributed by atoms with Gasteiger partial charge in [0.25, 0.3) is 0 Å². The average Bonchev–Trinajstić information content (AvgIpc) is 2.19. The molecule has 1 N–H and O–H groups in total. The van der Waals surface area contributed by atoms with E-state index in [0.29, 0.717) is 12.1 Å². The predicted molar refractivity (Wildman–Crippen MR) is 53.2 cm³/mol. The van der Waals surface area contributed by atoms with Gasteiger partial charge in [0.2, 0.25) is 0 Å². The average molecular weight is 189 g/mol. The van der Waals surface area contributed by atoms with Crippen molar-refractivity contribution < 1.29 is 9.90 Å². The minimum absolute atomic E-state index is 0.381. The largest absolute Gasteiger partial charge is 0.481 e. The van der Waals surface area contributed by atoms with E-state index in [1.165, 1.54) is 0 Å². The third-order valence-electron chi connectivity index (χ3n) is 2.03. The van der Waals surface area contributed by atoms with Crippen LogP contribution in [0.4, 0.5) is 5.69 Å². The van der Waals surface area contributed by atoms with E-state index in [9.17, 15) is 4.79 Å². The van der Waals surface area contributed by atoms with Crippen molar-refractivity contribution in [2.75, 3.05) is 0 Å². The molecule has 0 saturated carbocycles. The summed E-state index contributed by atoms with van der Waals surface area (Å²) in [5.74, 6) is -1.17. The molecule has 0 bridgehead atoms. The summed E-state index contributed by atoms with van der Waals surface area (Å²) in [6.07, 6.45) is 0.508. The van der Waals surface area contributed by atoms with Crippen molar-refractivity contribution in [1.29, 1.82) is 0 Å². The number of carbonyl (C=O) groups is 1. The SMILES string of the molecule is [C-]#[N+]c1ccc(CC(C)C(=O)O)cc1. The number of aliphatic carboxylic acids is 1. The van der Waals surface area contributed by atoms with Gasteiger partial charge >= 0.3 is 5.97 Å². The Morgan fingerprint density at radius 1 is 1.50 bits per heavy atom. The van der Waals surface area contributed by atoms with Gasteiger partial charge in [-0.1, -0.05) is 31.2 Å². The molecule has 0 aliphatic rings. The number of rotatable bonds is 3. The zero-order chi connectivity index (χ0) is 10.6. The van der Waals surface area contributed by atoms with Crippen LogP contribution in [0.2, 0.25) is 0 Å². The number of carboxylic acid groups (broad SMARTS) is 1. The summed E-state index contributed by atoms with van der Waals surface area (Å²) in [4.78, 5) is 13.8. The van der Waals surface area contributed by atoms with Crippen molar-refractivity contribution in [3.8, 4) is 0 Å². The second-order valence-corrected chi connectivity index (χ2v) is 3.22. The quantitative estimate of drug-likeness (QED) is 0.742. The maximum absolute atomic E-state index is 10.6. The molecule has 1 aromatic rings. The van der Waals surface area contributed by atoms with Gasteiger partial charge in [0, 0.05) is 0 Å². The predicted octanol–water partition coefficient (Wildman–Crippen LogP) is 2.50. The Labute approximate surface area is 82.8 Å². The molecule has 0 saturated heterocycles. The van der Waals surface area contributed by atoms with Crippen LogP contribution in [0.3, 0.4) is 0 Å². The minimum atomic E-state index is -0.792. The number of hydrogen-bond acceptors (Lipinski definition) is 1. The highest BCUT2D eigenvalue weighted by atomic mass is 16.4. The van der Waals surface area contributed by atoms with Crippen LogP contribution in [0.25, 0.3) is 4.85 Å². The van der Waals surface area contributed by atoms with E-state index in [0.717, 1.165) is 5.56 Å². The Balaban J connectivity index is 2.70. The molecule has 0 aliphatic heterocycles. The maximum atomic E-state index is 10.6. The fraction of sp³-hybridized carbons (Fsp3) is 0.273. The normalized spacial score (nSPS) is 11.7. The zero-order valence-corrected chi connectivity index (χ0v) is 7.90. The molecule has 1 unspecified atom stereocenters. The molecule has 0 radical (unpaired) electrons. The number of nitrogens with zero attached hydrogens (tertiary/aromatic N) is 1. The maximum Gasteiger partial charge on any atom is 0.306 e. The van der Waals surface area contributed by atoms with Crippen LogP contribution in [-0.4, -0.2) is 11.1 Å². The van der Waals surface area contributed by atoms with Crippen molar-refractivity contribution in [2.24, 2.45) is 5.92 Å². The molecule has 72 valence electrons. The summed E-state index contributed by atoms with van der Waals surface area (Å²) in [6, 6.07) is 7.01. The molecule has 0 aliphatic carbocycles. The fourth-order valence-electron chi connectivity index (χ4n) is 1.15. The lowest BCUT2D eigenvalue weighted by Crippen LogP contribution is -2.11. The third-order valence-corrected chi connectivity index (χ3v) is 2.03. The third kappa shape index (κ3) is 2.60. The van der Waals surface area contributed by atoms with E-state index in [1.54, 1.807) is 31.2 Å². The van der Waals surface area contributed by atoms with E-state index in [2.05, 4.69) is 4.85 Å². The number of hydrogen-bond donors (Lipinski definition) is 1. The van der Waals surface area contributed by atoms with Gasteiger partial charge in [-0.3, -0.25) is 4.79 Å². The molecule has 0 amide bonds. The van der Waals surface area contributed by atoms with Gasteiger partial charge in [-0.05, 0) is 12.0 Å². The molecule has 3 heteroatoms. The molecule has 0 heterocycles. The first kappa shape index (κ1) is 10.3. The molecule has 0 aromatic heterocycles. The second-order valence-electron chi connectivity index (χ2n) is 3.22. The van der Waals surface area contributed by atoms with Crippen LogP contribution in [0.1, 0.15) is 12.5 Å². The first-order valence-corrected chi connectivity index (χ1v) is 4.32. The Bertz CT molecular complexity index is 362. The van der Waals surface area contributed by atoms with Gasteiger partial charge in [0.15, 0.2) is 5.69 Å². The van der Waals surface area contributed by atoms with Crippen molar-refractivity contribution in [1.82, 2.24) is 0 Å². The highest BCUT2D eigenvalue weighted by Crippen LogP contribution is 2.15. The Kier molecular flexibility index (Phi) is 3.24. The summed E-state index contributed by atoms with van der Waals surface area (Å²) in [5.41, 5.74) is 1.53. The fourth-order valence-corrected chi connectivity index (χ4v) is 1.15. The summed E-state index contributed by atoms with van der Waals surface area (Å²) in [7, 11) is 0. The van der Waals surface area contributed by atoms with Crippen LogP contribution >= 0.6 is 0 Å².